The van der Waals surface area contributed by atoms with Crippen molar-refractivity contribution in [1.82, 2.24) is 0 Å². The van der Waals surface area contributed by atoms with Crippen molar-refractivity contribution in [3.8, 4) is 5.75 Å². The van der Waals surface area contributed by atoms with E-state index in [1.54, 1.807) is 0 Å². The van der Waals surface area contributed by atoms with Gasteiger partial charge in [-0.15, -0.1) is 0 Å². The van der Waals surface area contributed by atoms with Gasteiger partial charge in [0.25, 0.3) is 5.69 Å². The van der Waals surface area contributed by atoms with Gasteiger partial charge >= 0.3 is 5.97 Å². The normalized spacial score (nSPS) is 18.1. The van der Waals surface area contributed by atoms with Crippen LogP contribution in [0.15, 0.2) is 18.2 Å². The molecule has 1 saturated heterocycles. The molecule has 1 aliphatic heterocycles. The maximum Gasteiger partial charge on any atom is 0.311 e. The quantitative estimate of drug-likeness (QED) is 0.498. The summed E-state index contributed by atoms with van der Waals surface area (Å²) in [5.41, 5.74) is -0.572. The van der Waals surface area contributed by atoms with Crippen molar-refractivity contribution in [2.24, 2.45) is 5.92 Å². The maximum atomic E-state index is 11.9. The number of hydrogen-bond acceptors (Lipinski definition) is 6. The number of nitro benzene ring substituents is 1. The van der Waals surface area contributed by atoms with Gasteiger partial charge in [-0.1, -0.05) is 6.07 Å². The number of esters is 1. The second-order valence-electron chi connectivity index (χ2n) is 4.33. The first kappa shape index (κ1) is 13.8. The van der Waals surface area contributed by atoms with Crippen molar-refractivity contribution in [1.29, 1.82) is 0 Å². The van der Waals surface area contributed by atoms with E-state index in [0.717, 1.165) is 4.90 Å². The van der Waals surface area contributed by atoms with Gasteiger partial charge in [0.15, 0.2) is 5.69 Å². The van der Waals surface area contributed by atoms with E-state index in [9.17, 15) is 24.8 Å². The number of benzene rings is 1. The number of amides is 1. The highest BCUT2D eigenvalue weighted by Crippen LogP contribution is 2.39. The van der Waals surface area contributed by atoms with Crippen LogP contribution >= 0.6 is 0 Å². The van der Waals surface area contributed by atoms with Crippen LogP contribution in [0.2, 0.25) is 0 Å². The smallest absolute Gasteiger partial charge is 0.311 e. The summed E-state index contributed by atoms with van der Waals surface area (Å²) in [4.78, 5) is 34.7. The first-order valence-electron chi connectivity index (χ1n) is 5.80. The molecule has 0 aromatic heterocycles. The predicted octanol–water partition coefficient (Wildman–Crippen LogP) is 0.826. The standard InChI is InChI=1S/C12H12N2O6/c1-20-12(17)7-5-10(16)13(6-7)11-8(14(18)19)3-2-4-9(11)15/h2-4,7,15H,5-6H2,1H3. The molecule has 2 rings (SSSR count). The zero-order valence-corrected chi connectivity index (χ0v) is 10.6. The van der Waals surface area contributed by atoms with E-state index in [1.165, 1.54) is 25.3 Å². The fourth-order valence-corrected chi connectivity index (χ4v) is 2.19. The molecule has 1 atom stereocenters. The van der Waals surface area contributed by atoms with Crippen LogP contribution in [0.4, 0.5) is 11.4 Å². The number of phenolic OH excluding ortho intramolecular Hbond substituents is 1. The highest BCUT2D eigenvalue weighted by molar-refractivity contribution is 6.02. The Kier molecular flexibility index (Phi) is 3.55. The average Bonchev–Trinajstić information content (AvgIpc) is 2.79. The number of carbonyl (C=O) groups excluding carboxylic acids is 2. The van der Waals surface area contributed by atoms with Crippen molar-refractivity contribution in [2.45, 2.75) is 6.42 Å². The van der Waals surface area contributed by atoms with Gasteiger partial charge in [-0.25, -0.2) is 0 Å². The summed E-state index contributed by atoms with van der Waals surface area (Å²) in [5.74, 6) is -2.09. The molecular weight excluding hydrogens is 268 g/mol. The maximum absolute atomic E-state index is 11.9. The minimum Gasteiger partial charge on any atom is -0.505 e. The molecule has 8 heteroatoms. The van der Waals surface area contributed by atoms with Gasteiger partial charge in [0.1, 0.15) is 5.75 Å². The number of phenols is 1. The summed E-state index contributed by atoms with van der Waals surface area (Å²) in [6.07, 6.45) is -0.0990. The van der Waals surface area contributed by atoms with Gasteiger partial charge < -0.3 is 14.7 Å². The Morgan fingerprint density at radius 3 is 2.85 bits per heavy atom. The average molecular weight is 280 g/mol. The summed E-state index contributed by atoms with van der Waals surface area (Å²) < 4.78 is 4.56. The van der Waals surface area contributed by atoms with Gasteiger partial charge in [0.05, 0.1) is 18.0 Å². The first-order chi connectivity index (χ1) is 9.45. The Hall–Kier alpha value is -2.64. The monoisotopic (exact) mass is 280 g/mol. The van der Waals surface area contributed by atoms with Crippen LogP contribution < -0.4 is 4.90 Å². The number of rotatable bonds is 3. The third-order valence-electron chi connectivity index (χ3n) is 3.12. The largest absolute Gasteiger partial charge is 0.505 e. The van der Waals surface area contributed by atoms with Crippen LogP contribution in [0.5, 0.6) is 5.75 Å². The van der Waals surface area contributed by atoms with Crippen LogP contribution in [0.3, 0.4) is 0 Å². The summed E-state index contributed by atoms with van der Waals surface area (Å²) in [5, 5.41) is 20.8. The van der Waals surface area contributed by atoms with Crippen LogP contribution in [0, 0.1) is 16.0 Å². The molecule has 1 fully saturated rings. The molecule has 0 radical (unpaired) electrons. The molecular formula is C12H12N2O6. The predicted molar refractivity (Wildman–Crippen MR) is 67.2 cm³/mol. The van der Waals surface area contributed by atoms with Crippen LogP contribution in [0.25, 0.3) is 0 Å². The molecule has 0 aliphatic carbocycles. The lowest BCUT2D eigenvalue weighted by Crippen LogP contribution is -2.27. The minimum absolute atomic E-state index is 0.0517. The Labute approximate surface area is 113 Å². The fourth-order valence-electron chi connectivity index (χ4n) is 2.19. The van der Waals surface area contributed by atoms with Gasteiger partial charge in [-0.2, -0.15) is 0 Å². The van der Waals surface area contributed by atoms with E-state index in [-0.39, 0.29) is 30.1 Å². The molecule has 1 heterocycles. The van der Waals surface area contributed by atoms with E-state index in [4.69, 9.17) is 0 Å². The van der Waals surface area contributed by atoms with Gasteiger partial charge in [0.2, 0.25) is 5.91 Å². The van der Waals surface area contributed by atoms with Gasteiger partial charge in [-0.3, -0.25) is 19.7 Å². The number of ether oxygens (including phenoxy) is 1. The van der Waals surface area contributed by atoms with Crippen molar-refractivity contribution in [2.75, 3.05) is 18.6 Å². The first-order valence-corrected chi connectivity index (χ1v) is 5.80. The number of para-hydroxylation sites is 1. The number of aromatic hydroxyl groups is 1. The minimum atomic E-state index is -0.688. The van der Waals surface area contributed by atoms with Crippen molar-refractivity contribution in [3.63, 3.8) is 0 Å². The Bertz CT molecular complexity index is 585. The second kappa shape index (κ2) is 5.16. The molecule has 20 heavy (non-hydrogen) atoms. The van der Waals surface area contributed by atoms with Crippen LogP contribution in [-0.4, -0.2) is 35.6 Å². The third kappa shape index (κ3) is 2.27. The lowest BCUT2D eigenvalue weighted by Gasteiger charge is -2.17. The number of hydrogen-bond donors (Lipinski definition) is 1. The molecule has 1 aromatic rings. The Morgan fingerprint density at radius 2 is 2.25 bits per heavy atom. The summed E-state index contributed by atoms with van der Waals surface area (Å²) in [6.45, 7) is -0.0517. The molecule has 1 aromatic carbocycles. The SMILES string of the molecule is COC(=O)C1CC(=O)N(c2c(O)cccc2[N+](=O)[O-])C1. The van der Waals surface area contributed by atoms with E-state index in [0.29, 0.717) is 0 Å². The molecule has 0 spiro atoms. The number of nitrogens with zero attached hydrogens (tertiary/aromatic N) is 2. The number of carbonyl (C=O) groups is 2. The number of nitro groups is 1. The third-order valence-corrected chi connectivity index (χ3v) is 3.12. The fraction of sp³-hybridized carbons (Fsp3) is 0.333. The topological polar surface area (TPSA) is 110 Å². The van der Waals surface area contributed by atoms with Crippen LogP contribution in [0.1, 0.15) is 6.42 Å². The summed E-state index contributed by atoms with van der Waals surface area (Å²) >= 11 is 0. The molecule has 1 aliphatic rings. The molecule has 106 valence electrons. The van der Waals surface area contributed by atoms with E-state index >= 15 is 0 Å². The van der Waals surface area contributed by atoms with Crippen molar-refractivity contribution in [3.05, 3.63) is 28.3 Å². The molecule has 0 saturated carbocycles. The Morgan fingerprint density at radius 1 is 1.55 bits per heavy atom. The van der Waals surface area contributed by atoms with Crippen molar-refractivity contribution >= 4 is 23.3 Å². The second-order valence-corrected chi connectivity index (χ2v) is 4.33. The molecule has 0 bridgehead atoms. The molecule has 1 N–H and O–H groups in total. The number of anilines is 1. The summed E-state index contributed by atoms with van der Waals surface area (Å²) in [6, 6.07) is 3.75. The zero-order chi connectivity index (χ0) is 14.9. The highest BCUT2D eigenvalue weighted by Gasteiger charge is 2.39. The van der Waals surface area contributed by atoms with Gasteiger partial charge in [0, 0.05) is 19.0 Å². The lowest BCUT2D eigenvalue weighted by molar-refractivity contribution is -0.384. The van der Waals surface area contributed by atoms with E-state index in [1.807, 2.05) is 0 Å². The molecule has 1 amide bonds. The van der Waals surface area contributed by atoms with Gasteiger partial charge in [-0.05, 0) is 6.07 Å². The van der Waals surface area contributed by atoms with Crippen LogP contribution in [-0.2, 0) is 14.3 Å². The lowest BCUT2D eigenvalue weighted by atomic mass is 10.1. The van der Waals surface area contributed by atoms with E-state index < -0.39 is 22.7 Å². The Balaban J connectivity index is 2.40. The van der Waals surface area contributed by atoms with Crippen molar-refractivity contribution < 1.29 is 24.4 Å². The van der Waals surface area contributed by atoms with E-state index in [2.05, 4.69) is 4.74 Å². The molecule has 8 nitrogen and oxygen atoms in total. The zero-order valence-electron chi connectivity index (χ0n) is 10.6. The highest BCUT2D eigenvalue weighted by atomic mass is 16.6. The summed E-state index contributed by atoms with van der Waals surface area (Å²) in [7, 11) is 1.21. The molecule has 1 unspecified atom stereocenters. The number of methoxy groups -OCH3 is 1.